The molecule has 2 unspecified atom stereocenters. The number of aliphatic hydroxyl groups is 1. The zero-order chi connectivity index (χ0) is 10.1. The van der Waals surface area contributed by atoms with Crippen molar-refractivity contribution in [1.29, 1.82) is 0 Å². The average Bonchev–Trinajstić information content (AvgIpc) is 2.47. The molecule has 1 aliphatic rings. The highest BCUT2D eigenvalue weighted by molar-refractivity contribution is 5.62. The van der Waals surface area contributed by atoms with E-state index in [9.17, 15) is 9.90 Å². The van der Waals surface area contributed by atoms with E-state index in [4.69, 9.17) is 0 Å². The van der Waals surface area contributed by atoms with Gasteiger partial charge in [0.15, 0.2) is 0 Å². The molecule has 3 nitrogen and oxygen atoms in total. The van der Waals surface area contributed by atoms with Crippen molar-refractivity contribution in [3.8, 4) is 0 Å². The predicted molar refractivity (Wildman–Crippen MR) is 51.5 cm³/mol. The minimum Gasteiger partial charge on any atom is -0.395 e. The summed E-state index contributed by atoms with van der Waals surface area (Å²) in [5.41, 5.74) is -0.432. The van der Waals surface area contributed by atoms with Crippen molar-refractivity contribution in [3.63, 3.8) is 0 Å². The van der Waals surface area contributed by atoms with E-state index in [0.717, 1.165) is 19.3 Å². The van der Waals surface area contributed by atoms with Gasteiger partial charge >= 0.3 is 0 Å². The van der Waals surface area contributed by atoms with E-state index >= 15 is 0 Å². The lowest BCUT2D eigenvalue weighted by Gasteiger charge is -2.35. The lowest BCUT2D eigenvalue weighted by atomic mass is 10.00. The van der Waals surface area contributed by atoms with Gasteiger partial charge < -0.3 is 9.90 Å². The fourth-order valence-electron chi connectivity index (χ4n) is 2.07. The summed E-state index contributed by atoms with van der Waals surface area (Å²) in [6.07, 6.45) is 2.04. The summed E-state index contributed by atoms with van der Waals surface area (Å²) in [7, 11) is 0. The van der Waals surface area contributed by atoms with Crippen LogP contribution in [0, 0.1) is 5.92 Å². The van der Waals surface area contributed by atoms with Gasteiger partial charge in [-0.1, -0.05) is 6.92 Å². The Labute approximate surface area is 79.7 Å². The van der Waals surface area contributed by atoms with Crippen LogP contribution in [0.2, 0.25) is 0 Å². The van der Waals surface area contributed by atoms with E-state index in [2.05, 4.69) is 11.8 Å². The normalized spacial score (nSPS) is 30.8. The molecule has 1 aliphatic heterocycles. The van der Waals surface area contributed by atoms with Crippen LogP contribution < -0.4 is 0 Å². The molecule has 1 heterocycles. The third kappa shape index (κ3) is 1.92. The second-order valence-electron chi connectivity index (χ2n) is 4.48. The molecule has 1 fully saturated rings. The maximum atomic E-state index is 10.9. The van der Waals surface area contributed by atoms with Crippen LogP contribution in [0.1, 0.15) is 27.2 Å². The Morgan fingerprint density at radius 2 is 2.23 bits per heavy atom. The van der Waals surface area contributed by atoms with Crippen LogP contribution in [0.4, 0.5) is 0 Å². The fraction of sp³-hybridized carbons (Fsp3) is 0.900. The minimum atomic E-state index is -0.432. The maximum absolute atomic E-state index is 10.9. The lowest BCUT2D eigenvalue weighted by Crippen LogP contribution is -2.50. The second kappa shape index (κ2) is 3.76. The number of hydrogen-bond donors (Lipinski definition) is 1. The van der Waals surface area contributed by atoms with Gasteiger partial charge in [0.2, 0.25) is 0 Å². The van der Waals surface area contributed by atoms with Gasteiger partial charge in [-0.3, -0.25) is 4.90 Å². The highest BCUT2D eigenvalue weighted by atomic mass is 16.3. The second-order valence-corrected chi connectivity index (χ2v) is 4.48. The topological polar surface area (TPSA) is 40.5 Å². The first-order valence-corrected chi connectivity index (χ1v) is 4.87. The molecule has 0 radical (unpaired) electrons. The summed E-state index contributed by atoms with van der Waals surface area (Å²) >= 11 is 0. The molecule has 0 bridgehead atoms. The first-order chi connectivity index (χ1) is 6.03. The van der Waals surface area contributed by atoms with Crippen LogP contribution in [0.5, 0.6) is 0 Å². The van der Waals surface area contributed by atoms with Gasteiger partial charge in [-0.2, -0.15) is 0 Å². The molecule has 0 aliphatic carbocycles. The monoisotopic (exact) mass is 185 g/mol. The van der Waals surface area contributed by atoms with Crippen molar-refractivity contribution >= 4 is 6.29 Å². The number of aldehydes is 1. The SMILES string of the molecule is CC1CCN(C(C)(C)C=O)C1CO. The van der Waals surface area contributed by atoms with Crippen molar-refractivity contribution in [2.45, 2.75) is 38.8 Å². The molecule has 0 saturated carbocycles. The van der Waals surface area contributed by atoms with Crippen molar-refractivity contribution in [1.82, 2.24) is 4.90 Å². The summed E-state index contributed by atoms with van der Waals surface area (Å²) in [4.78, 5) is 13.0. The Hall–Kier alpha value is -0.410. The van der Waals surface area contributed by atoms with Crippen LogP contribution in [0.3, 0.4) is 0 Å². The molecule has 0 aromatic rings. The molecule has 0 aromatic heterocycles. The van der Waals surface area contributed by atoms with Crippen LogP contribution in [0.25, 0.3) is 0 Å². The van der Waals surface area contributed by atoms with Crippen molar-refractivity contribution in [2.24, 2.45) is 5.92 Å². The molecule has 3 heteroatoms. The van der Waals surface area contributed by atoms with E-state index < -0.39 is 5.54 Å². The van der Waals surface area contributed by atoms with E-state index in [0.29, 0.717) is 5.92 Å². The van der Waals surface area contributed by atoms with E-state index in [1.807, 2.05) is 13.8 Å². The number of likely N-dealkylation sites (tertiary alicyclic amines) is 1. The predicted octanol–water partition coefficient (Wildman–Crippen LogP) is 0.667. The highest BCUT2D eigenvalue weighted by Crippen LogP contribution is 2.29. The zero-order valence-corrected chi connectivity index (χ0v) is 8.66. The molecular formula is C10H19NO2. The highest BCUT2D eigenvalue weighted by Gasteiger charge is 2.39. The lowest BCUT2D eigenvalue weighted by molar-refractivity contribution is -0.118. The standard InChI is InChI=1S/C10H19NO2/c1-8-4-5-11(9(8)6-12)10(2,3)7-13/h7-9,12H,4-6H2,1-3H3. The summed E-state index contributed by atoms with van der Waals surface area (Å²) in [5.74, 6) is 0.490. The van der Waals surface area contributed by atoms with Gasteiger partial charge in [0, 0.05) is 6.04 Å². The third-order valence-electron chi connectivity index (χ3n) is 3.10. The maximum Gasteiger partial charge on any atom is 0.139 e. The van der Waals surface area contributed by atoms with Gasteiger partial charge in [0.25, 0.3) is 0 Å². The minimum absolute atomic E-state index is 0.151. The molecule has 1 rings (SSSR count). The van der Waals surface area contributed by atoms with Crippen molar-refractivity contribution < 1.29 is 9.90 Å². The largest absolute Gasteiger partial charge is 0.395 e. The fourth-order valence-corrected chi connectivity index (χ4v) is 2.07. The Bertz CT molecular complexity index is 191. The van der Waals surface area contributed by atoms with Crippen LogP contribution in [0.15, 0.2) is 0 Å². The van der Waals surface area contributed by atoms with E-state index in [1.54, 1.807) is 0 Å². The molecule has 0 amide bonds. The Morgan fingerprint density at radius 3 is 2.69 bits per heavy atom. The van der Waals surface area contributed by atoms with Crippen LogP contribution in [-0.4, -0.2) is 41.0 Å². The molecule has 1 saturated heterocycles. The van der Waals surface area contributed by atoms with Gasteiger partial charge in [-0.05, 0) is 32.7 Å². The van der Waals surface area contributed by atoms with E-state index in [-0.39, 0.29) is 12.6 Å². The van der Waals surface area contributed by atoms with Crippen molar-refractivity contribution in [3.05, 3.63) is 0 Å². The summed E-state index contributed by atoms with van der Waals surface area (Å²) in [5, 5.41) is 9.21. The van der Waals surface area contributed by atoms with Gasteiger partial charge in [-0.25, -0.2) is 0 Å². The summed E-state index contributed by atoms with van der Waals surface area (Å²) in [6, 6.07) is 0.153. The van der Waals surface area contributed by atoms with Gasteiger partial charge in [0.1, 0.15) is 6.29 Å². The zero-order valence-electron chi connectivity index (χ0n) is 8.66. The third-order valence-corrected chi connectivity index (χ3v) is 3.10. The average molecular weight is 185 g/mol. The molecule has 2 atom stereocenters. The number of nitrogens with zero attached hydrogens (tertiary/aromatic N) is 1. The molecule has 0 aromatic carbocycles. The molecule has 1 N–H and O–H groups in total. The number of carbonyl (C=O) groups excluding carboxylic acids is 1. The Morgan fingerprint density at radius 1 is 1.62 bits per heavy atom. The smallest absolute Gasteiger partial charge is 0.139 e. The Kier molecular flexibility index (Phi) is 3.09. The number of carbonyl (C=O) groups is 1. The Balaban J connectivity index is 2.75. The number of aliphatic hydroxyl groups excluding tert-OH is 1. The quantitative estimate of drug-likeness (QED) is 0.657. The first-order valence-electron chi connectivity index (χ1n) is 4.87. The molecular weight excluding hydrogens is 166 g/mol. The van der Waals surface area contributed by atoms with Crippen LogP contribution >= 0.6 is 0 Å². The van der Waals surface area contributed by atoms with Crippen LogP contribution in [-0.2, 0) is 4.79 Å². The number of hydrogen-bond acceptors (Lipinski definition) is 3. The summed E-state index contributed by atoms with van der Waals surface area (Å²) < 4.78 is 0. The first kappa shape index (κ1) is 10.7. The summed E-state index contributed by atoms with van der Waals surface area (Å²) in [6.45, 7) is 7.00. The number of rotatable bonds is 3. The molecule has 76 valence electrons. The van der Waals surface area contributed by atoms with E-state index in [1.165, 1.54) is 0 Å². The molecule has 0 spiro atoms. The van der Waals surface area contributed by atoms with Gasteiger partial charge in [-0.15, -0.1) is 0 Å². The van der Waals surface area contributed by atoms with Crippen molar-refractivity contribution in [2.75, 3.05) is 13.2 Å². The molecule has 13 heavy (non-hydrogen) atoms. The van der Waals surface area contributed by atoms with Gasteiger partial charge in [0.05, 0.1) is 12.1 Å².